The normalized spacial score (nSPS) is 12.7. The van der Waals surface area contributed by atoms with Crippen molar-refractivity contribution in [2.45, 2.75) is 0 Å². The fourth-order valence-electron chi connectivity index (χ4n) is 2.69. The molecular weight excluding hydrogens is 352 g/mol. The molecule has 1 heterocycles. The highest BCUT2D eigenvalue weighted by atomic mass is 16.6. The first kappa shape index (κ1) is 18.1. The van der Waals surface area contributed by atoms with E-state index < -0.39 is 10.8 Å². The van der Waals surface area contributed by atoms with E-state index in [1.54, 1.807) is 12.1 Å². The van der Waals surface area contributed by atoms with Crippen molar-refractivity contribution in [3.63, 3.8) is 0 Å². The topological polar surface area (TPSA) is 122 Å². The number of imide groups is 1. The van der Waals surface area contributed by atoms with Gasteiger partial charge in [-0.25, -0.2) is 0 Å². The average Bonchev–Trinajstić information content (AvgIpc) is 2.89. The van der Waals surface area contributed by atoms with Crippen molar-refractivity contribution in [2.24, 2.45) is 0 Å². The third kappa shape index (κ3) is 3.61. The molecule has 1 aliphatic rings. The number of nitrogens with one attached hydrogen (secondary N) is 2. The zero-order valence-electron chi connectivity index (χ0n) is 14.4. The second-order valence-electron chi connectivity index (χ2n) is 5.92. The van der Waals surface area contributed by atoms with E-state index in [1.807, 2.05) is 0 Å². The molecule has 2 N–H and O–H groups in total. The number of non-ortho nitro benzene ring substituents is 1. The van der Waals surface area contributed by atoms with Gasteiger partial charge in [0.15, 0.2) is 0 Å². The summed E-state index contributed by atoms with van der Waals surface area (Å²) in [5, 5.41) is 16.3. The Balaban J connectivity index is 1.54. The summed E-state index contributed by atoms with van der Waals surface area (Å²) in [6.45, 7) is 0.717. The molecule has 1 aliphatic heterocycles. The van der Waals surface area contributed by atoms with Crippen molar-refractivity contribution in [1.82, 2.24) is 10.2 Å². The first-order valence-electron chi connectivity index (χ1n) is 8.11. The van der Waals surface area contributed by atoms with Crippen molar-refractivity contribution in [3.8, 4) is 0 Å². The van der Waals surface area contributed by atoms with Gasteiger partial charge in [0.1, 0.15) is 0 Å². The number of fused-ring (bicyclic) bond motifs is 1. The van der Waals surface area contributed by atoms with Gasteiger partial charge >= 0.3 is 0 Å². The zero-order chi connectivity index (χ0) is 19.6. The minimum Gasteiger partial charge on any atom is -0.383 e. The molecule has 0 spiro atoms. The Labute approximate surface area is 154 Å². The van der Waals surface area contributed by atoms with Gasteiger partial charge < -0.3 is 10.6 Å². The van der Waals surface area contributed by atoms with Crippen molar-refractivity contribution in [3.05, 3.63) is 69.3 Å². The molecule has 0 saturated carbocycles. The number of carbonyl (C=O) groups excluding carboxylic acids is 3. The molecule has 2 aromatic rings. The summed E-state index contributed by atoms with van der Waals surface area (Å²) in [4.78, 5) is 47.2. The summed E-state index contributed by atoms with van der Waals surface area (Å²) in [5.41, 5.74) is 1.50. The number of anilines is 1. The van der Waals surface area contributed by atoms with Crippen LogP contribution in [0.3, 0.4) is 0 Å². The predicted octanol–water partition coefficient (Wildman–Crippen LogP) is 1.66. The van der Waals surface area contributed by atoms with Crippen molar-refractivity contribution in [2.75, 3.05) is 25.5 Å². The number of benzene rings is 2. The number of nitro groups is 1. The van der Waals surface area contributed by atoms with Crippen LogP contribution in [0.1, 0.15) is 31.1 Å². The first-order chi connectivity index (χ1) is 12.9. The average molecular weight is 368 g/mol. The fraction of sp³-hybridized carbons (Fsp3) is 0.167. The van der Waals surface area contributed by atoms with Crippen LogP contribution < -0.4 is 10.6 Å². The largest absolute Gasteiger partial charge is 0.383 e. The number of rotatable bonds is 6. The van der Waals surface area contributed by atoms with Gasteiger partial charge in [-0.15, -0.1) is 0 Å². The quantitative estimate of drug-likeness (QED) is 0.346. The summed E-state index contributed by atoms with van der Waals surface area (Å²) < 4.78 is 0. The van der Waals surface area contributed by atoms with E-state index in [-0.39, 0.29) is 23.1 Å². The summed E-state index contributed by atoms with van der Waals surface area (Å²) >= 11 is 0. The molecule has 0 radical (unpaired) electrons. The standard InChI is InChI=1S/C18H16N4O5/c1-21-17(24)14-7-2-11(10-15(14)18(21)25)16(23)20-9-8-19-12-3-5-13(6-4-12)22(26)27/h2-7,10,19H,8-9H2,1H3,(H,20,23). The molecule has 3 amide bonds. The summed E-state index contributed by atoms with van der Waals surface area (Å²) in [7, 11) is 1.40. The Morgan fingerprint density at radius 2 is 1.70 bits per heavy atom. The van der Waals surface area contributed by atoms with Crippen LogP contribution in [0.4, 0.5) is 11.4 Å². The van der Waals surface area contributed by atoms with Crippen LogP contribution in [-0.2, 0) is 0 Å². The molecule has 0 bridgehead atoms. The van der Waals surface area contributed by atoms with E-state index in [0.29, 0.717) is 29.9 Å². The molecule has 3 rings (SSSR count). The molecular formula is C18H16N4O5. The van der Waals surface area contributed by atoms with Gasteiger partial charge in [0.2, 0.25) is 0 Å². The zero-order valence-corrected chi connectivity index (χ0v) is 14.4. The molecule has 9 nitrogen and oxygen atoms in total. The van der Waals surface area contributed by atoms with Crippen LogP contribution in [0.2, 0.25) is 0 Å². The van der Waals surface area contributed by atoms with E-state index in [9.17, 15) is 24.5 Å². The highest BCUT2D eigenvalue weighted by Gasteiger charge is 2.33. The SMILES string of the molecule is CN1C(=O)c2ccc(C(=O)NCCNc3ccc([N+](=O)[O-])cc3)cc2C1=O. The van der Waals surface area contributed by atoms with Gasteiger partial charge in [0.25, 0.3) is 23.4 Å². The smallest absolute Gasteiger partial charge is 0.269 e. The highest BCUT2D eigenvalue weighted by molar-refractivity contribution is 6.21. The van der Waals surface area contributed by atoms with Crippen LogP contribution in [0.15, 0.2) is 42.5 Å². The van der Waals surface area contributed by atoms with E-state index in [1.165, 1.54) is 37.4 Å². The molecule has 0 aromatic heterocycles. The number of nitro benzene ring substituents is 1. The van der Waals surface area contributed by atoms with Gasteiger partial charge in [0.05, 0.1) is 16.1 Å². The molecule has 0 atom stereocenters. The second-order valence-corrected chi connectivity index (χ2v) is 5.92. The molecule has 0 fully saturated rings. The van der Waals surface area contributed by atoms with E-state index in [4.69, 9.17) is 0 Å². The van der Waals surface area contributed by atoms with E-state index in [2.05, 4.69) is 10.6 Å². The number of carbonyl (C=O) groups is 3. The number of hydrogen-bond acceptors (Lipinski definition) is 6. The summed E-state index contributed by atoms with van der Waals surface area (Å²) in [6, 6.07) is 10.3. The minimum absolute atomic E-state index is 0.00383. The Kier molecular flexibility index (Phi) is 4.84. The Hall–Kier alpha value is -3.75. The lowest BCUT2D eigenvalue weighted by atomic mass is 10.1. The molecule has 138 valence electrons. The van der Waals surface area contributed by atoms with Gasteiger partial charge in [-0.05, 0) is 30.3 Å². The number of amides is 3. The van der Waals surface area contributed by atoms with Crippen LogP contribution in [0.25, 0.3) is 0 Å². The molecule has 0 aliphatic carbocycles. The maximum absolute atomic E-state index is 12.2. The van der Waals surface area contributed by atoms with E-state index in [0.717, 1.165) is 4.90 Å². The lowest BCUT2D eigenvalue weighted by Crippen LogP contribution is -2.29. The Morgan fingerprint density at radius 1 is 1.04 bits per heavy atom. The first-order valence-corrected chi connectivity index (χ1v) is 8.11. The van der Waals surface area contributed by atoms with Crippen LogP contribution in [0.5, 0.6) is 0 Å². The fourth-order valence-corrected chi connectivity index (χ4v) is 2.69. The number of hydrogen-bond donors (Lipinski definition) is 2. The van der Waals surface area contributed by atoms with Crippen LogP contribution in [0, 0.1) is 10.1 Å². The lowest BCUT2D eigenvalue weighted by molar-refractivity contribution is -0.384. The van der Waals surface area contributed by atoms with Gasteiger partial charge in [0, 0.05) is 43.5 Å². The molecule has 0 saturated heterocycles. The van der Waals surface area contributed by atoms with Crippen molar-refractivity contribution >= 4 is 29.1 Å². The third-order valence-electron chi connectivity index (χ3n) is 4.17. The van der Waals surface area contributed by atoms with Crippen LogP contribution in [-0.4, -0.2) is 47.7 Å². The predicted molar refractivity (Wildman–Crippen MR) is 96.8 cm³/mol. The van der Waals surface area contributed by atoms with Gasteiger partial charge in [-0.1, -0.05) is 0 Å². The van der Waals surface area contributed by atoms with Crippen LogP contribution >= 0.6 is 0 Å². The lowest BCUT2D eigenvalue weighted by Gasteiger charge is -2.08. The summed E-state index contributed by atoms with van der Waals surface area (Å²) in [5.74, 6) is -1.17. The Morgan fingerprint density at radius 3 is 2.37 bits per heavy atom. The maximum atomic E-state index is 12.2. The van der Waals surface area contributed by atoms with E-state index >= 15 is 0 Å². The highest BCUT2D eigenvalue weighted by Crippen LogP contribution is 2.22. The van der Waals surface area contributed by atoms with Crippen molar-refractivity contribution in [1.29, 1.82) is 0 Å². The van der Waals surface area contributed by atoms with Crippen molar-refractivity contribution < 1.29 is 19.3 Å². The maximum Gasteiger partial charge on any atom is 0.269 e. The number of nitrogens with zero attached hydrogens (tertiary/aromatic N) is 2. The molecule has 2 aromatic carbocycles. The molecule has 9 heteroatoms. The molecule has 0 unspecified atom stereocenters. The molecule has 27 heavy (non-hydrogen) atoms. The monoisotopic (exact) mass is 368 g/mol. The third-order valence-corrected chi connectivity index (χ3v) is 4.17. The van der Waals surface area contributed by atoms with Gasteiger partial charge in [-0.3, -0.25) is 29.4 Å². The van der Waals surface area contributed by atoms with Gasteiger partial charge in [-0.2, -0.15) is 0 Å². The Bertz CT molecular complexity index is 939. The summed E-state index contributed by atoms with van der Waals surface area (Å²) in [6.07, 6.45) is 0. The minimum atomic E-state index is -0.476. The second kappa shape index (κ2) is 7.24.